The molecule has 2 aliphatic heterocycles. The predicted octanol–water partition coefficient (Wildman–Crippen LogP) is 1.45. The van der Waals surface area contributed by atoms with Crippen LogP contribution in [-0.2, 0) is 14.3 Å². The lowest BCUT2D eigenvalue weighted by molar-refractivity contribution is -0.169. The van der Waals surface area contributed by atoms with E-state index < -0.39 is 11.2 Å². The molecule has 4 saturated carbocycles. The highest BCUT2D eigenvalue weighted by Crippen LogP contribution is 2.55. The van der Waals surface area contributed by atoms with Gasteiger partial charge in [-0.1, -0.05) is 0 Å². The maximum Gasteiger partial charge on any atom is 0.293 e. The Bertz CT molecular complexity index is 699. The Labute approximate surface area is 165 Å². The van der Waals surface area contributed by atoms with Gasteiger partial charge in [-0.05, 0) is 75.5 Å². The lowest BCUT2D eigenvalue weighted by Gasteiger charge is -2.53. The number of likely N-dealkylation sites (tertiary alicyclic amines) is 1. The molecule has 0 aromatic carbocycles. The van der Waals surface area contributed by atoms with Crippen LogP contribution in [0.15, 0.2) is 4.99 Å². The Morgan fingerprint density at radius 2 is 1.71 bits per heavy atom. The van der Waals surface area contributed by atoms with E-state index in [1.165, 1.54) is 39.0 Å². The first-order chi connectivity index (χ1) is 13.3. The Morgan fingerprint density at radius 3 is 2.25 bits per heavy atom. The fourth-order valence-corrected chi connectivity index (χ4v) is 6.76. The zero-order valence-corrected chi connectivity index (χ0v) is 16.8. The summed E-state index contributed by atoms with van der Waals surface area (Å²) >= 11 is 0. The molecular formula is C21H31N3O4. The van der Waals surface area contributed by atoms with Crippen molar-refractivity contribution in [2.75, 3.05) is 13.1 Å². The van der Waals surface area contributed by atoms with Crippen LogP contribution >= 0.6 is 0 Å². The molecule has 2 saturated heterocycles. The Morgan fingerprint density at radius 1 is 1.14 bits per heavy atom. The van der Waals surface area contributed by atoms with Gasteiger partial charge >= 0.3 is 0 Å². The maximum atomic E-state index is 12.8. The third-order valence-corrected chi connectivity index (χ3v) is 8.32. The third-order valence-electron chi connectivity index (χ3n) is 8.32. The molecule has 2 heterocycles. The summed E-state index contributed by atoms with van der Waals surface area (Å²) in [7, 11) is 0. The summed E-state index contributed by atoms with van der Waals surface area (Å²) in [6, 6.07) is 0.520. The van der Waals surface area contributed by atoms with Gasteiger partial charge < -0.3 is 14.7 Å². The molecule has 0 radical (unpaired) electrons. The number of rotatable bonds is 2. The molecule has 7 nitrogen and oxygen atoms in total. The molecule has 1 unspecified atom stereocenters. The summed E-state index contributed by atoms with van der Waals surface area (Å²) < 4.78 is 6.04. The van der Waals surface area contributed by atoms with Gasteiger partial charge in [-0.15, -0.1) is 0 Å². The third kappa shape index (κ3) is 2.69. The number of amides is 2. The molecule has 2 N–H and O–H groups in total. The molecule has 1 atom stereocenters. The monoisotopic (exact) mass is 389 g/mol. The Balaban J connectivity index is 1.33. The summed E-state index contributed by atoms with van der Waals surface area (Å²) in [5.74, 6) is 2.63. The van der Waals surface area contributed by atoms with Gasteiger partial charge in [-0.3, -0.25) is 14.9 Å². The summed E-state index contributed by atoms with van der Waals surface area (Å²) in [6.45, 7) is 4.05. The van der Waals surface area contributed by atoms with Crippen molar-refractivity contribution in [2.45, 2.75) is 76.0 Å². The molecule has 4 aliphatic carbocycles. The topological polar surface area (TPSA) is 91.2 Å². The van der Waals surface area contributed by atoms with Crippen molar-refractivity contribution in [1.29, 1.82) is 0 Å². The molecule has 7 heteroatoms. The van der Waals surface area contributed by atoms with E-state index in [1.807, 2.05) is 0 Å². The summed E-state index contributed by atoms with van der Waals surface area (Å²) in [6.07, 6.45) is 7.06. The zero-order chi connectivity index (χ0) is 19.7. The molecule has 2 amide bonds. The number of carbonyl (C=O) groups is 2. The minimum absolute atomic E-state index is 0.00636. The van der Waals surface area contributed by atoms with Crippen molar-refractivity contribution < 1.29 is 19.4 Å². The van der Waals surface area contributed by atoms with Gasteiger partial charge in [0.25, 0.3) is 11.9 Å². The summed E-state index contributed by atoms with van der Waals surface area (Å²) in [5.41, 5.74) is -2.66. The summed E-state index contributed by atoms with van der Waals surface area (Å²) in [5, 5.41) is 14.1. The summed E-state index contributed by atoms with van der Waals surface area (Å²) in [4.78, 5) is 31.0. The van der Waals surface area contributed by atoms with Crippen LogP contribution in [0.25, 0.3) is 0 Å². The molecule has 6 fully saturated rings. The largest absolute Gasteiger partial charge is 0.445 e. The van der Waals surface area contributed by atoms with E-state index in [9.17, 15) is 14.7 Å². The first-order valence-electron chi connectivity index (χ1n) is 10.8. The van der Waals surface area contributed by atoms with E-state index in [1.54, 1.807) is 11.8 Å². The van der Waals surface area contributed by atoms with Crippen LogP contribution in [0, 0.1) is 23.7 Å². The van der Waals surface area contributed by atoms with E-state index in [0.29, 0.717) is 37.8 Å². The van der Waals surface area contributed by atoms with Gasteiger partial charge in [-0.2, -0.15) is 0 Å². The molecule has 6 rings (SSSR count). The number of aliphatic imine (C=N–C) groups is 1. The number of aliphatic hydroxyl groups is 1. The van der Waals surface area contributed by atoms with Gasteiger partial charge in [0, 0.05) is 20.0 Å². The lowest BCUT2D eigenvalue weighted by atomic mass is 9.54. The Hall–Kier alpha value is -1.63. The number of nitrogens with zero attached hydrogens (tertiary/aromatic N) is 2. The number of hydrogen-bond donors (Lipinski definition) is 2. The van der Waals surface area contributed by atoms with Crippen LogP contribution in [0.4, 0.5) is 0 Å². The molecule has 4 bridgehead atoms. The van der Waals surface area contributed by atoms with E-state index in [0.717, 1.165) is 11.8 Å². The quantitative estimate of drug-likeness (QED) is 0.748. The lowest BCUT2D eigenvalue weighted by Crippen LogP contribution is -2.62. The second kappa shape index (κ2) is 6.18. The van der Waals surface area contributed by atoms with E-state index >= 15 is 0 Å². The normalized spacial score (nSPS) is 45.2. The smallest absolute Gasteiger partial charge is 0.293 e. The van der Waals surface area contributed by atoms with Crippen LogP contribution in [0.2, 0.25) is 0 Å². The van der Waals surface area contributed by atoms with E-state index in [4.69, 9.17) is 9.73 Å². The fraction of sp³-hybridized carbons (Fsp3) is 0.857. The van der Waals surface area contributed by atoms with Crippen LogP contribution in [0.5, 0.6) is 0 Å². The van der Waals surface area contributed by atoms with Crippen molar-refractivity contribution >= 4 is 17.8 Å². The molecule has 28 heavy (non-hydrogen) atoms. The first-order valence-corrected chi connectivity index (χ1v) is 10.8. The number of piperidine rings is 1. The maximum absolute atomic E-state index is 12.8. The number of carbonyl (C=O) groups excluding carboxylic acids is 2. The fourth-order valence-electron chi connectivity index (χ4n) is 6.76. The van der Waals surface area contributed by atoms with Gasteiger partial charge in [0.15, 0.2) is 0 Å². The molecule has 154 valence electrons. The number of nitrogens with one attached hydrogen (secondary N) is 1. The zero-order valence-electron chi connectivity index (χ0n) is 16.8. The van der Waals surface area contributed by atoms with E-state index in [2.05, 4.69) is 5.32 Å². The van der Waals surface area contributed by atoms with Crippen molar-refractivity contribution in [3.05, 3.63) is 0 Å². The highest BCUT2D eigenvalue weighted by atomic mass is 16.6. The average Bonchev–Trinajstić information content (AvgIpc) is 2.93. The highest BCUT2D eigenvalue weighted by molar-refractivity contribution is 6.05. The molecular weight excluding hydrogens is 358 g/mol. The van der Waals surface area contributed by atoms with Crippen molar-refractivity contribution in [3.63, 3.8) is 0 Å². The molecule has 0 spiro atoms. The first kappa shape index (κ1) is 18.4. The molecule has 6 aliphatic rings. The highest BCUT2D eigenvalue weighted by Gasteiger charge is 2.60. The van der Waals surface area contributed by atoms with Crippen molar-refractivity contribution in [2.24, 2.45) is 28.7 Å². The molecule has 0 aromatic heterocycles. The van der Waals surface area contributed by atoms with Crippen molar-refractivity contribution in [1.82, 2.24) is 10.2 Å². The van der Waals surface area contributed by atoms with Crippen molar-refractivity contribution in [3.8, 4) is 0 Å². The van der Waals surface area contributed by atoms with Gasteiger partial charge in [0.05, 0.1) is 6.04 Å². The van der Waals surface area contributed by atoms with Gasteiger partial charge in [0.2, 0.25) is 11.5 Å². The number of ether oxygens (including phenoxy) is 1. The van der Waals surface area contributed by atoms with E-state index in [-0.39, 0.29) is 23.9 Å². The average molecular weight is 389 g/mol. The van der Waals surface area contributed by atoms with Crippen LogP contribution < -0.4 is 5.32 Å². The second-order valence-corrected chi connectivity index (χ2v) is 9.98. The predicted molar refractivity (Wildman–Crippen MR) is 102 cm³/mol. The minimum atomic E-state index is -1.36. The van der Waals surface area contributed by atoms with Crippen LogP contribution in [0.1, 0.15) is 58.8 Å². The number of amidine groups is 1. The Kier molecular flexibility index (Phi) is 4.06. The van der Waals surface area contributed by atoms with Gasteiger partial charge in [0.1, 0.15) is 5.60 Å². The number of hydrogen-bond acceptors (Lipinski definition) is 5. The van der Waals surface area contributed by atoms with Gasteiger partial charge in [-0.25, -0.2) is 4.99 Å². The van der Waals surface area contributed by atoms with Crippen LogP contribution in [-0.4, -0.2) is 58.2 Å². The molecule has 0 aromatic rings. The second-order valence-electron chi connectivity index (χ2n) is 9.98. The SMILES string of the molecule is CC(=O)N1CCC(O)(C2(C)OC(=NC3C4CC5CC(C4)CC3C5)NC2=O)CC1. The standard InChI is InChI=1S/C21H31N3O4/c1-12(25)24-5-3-21(27,4-6-24)20(2)18(26)23-19(28-20)22-17-15-8-13-7-14(10-15)11-16(17)9-13/h13-17,27H,3-11H2,1-2H3,(H,22,23,26). The minimum Gasteiger partial charge on any atom is -0.445 e. The van der Waals surface area contributed by atoms with Crippen LogP contribution in [0.3, 0.4) is 0 Å².